The minimum Gasteiger partial charge on any atom is -0.370 e. The Labute approximate surface area is 138 Å². The second kappa shape index (κ2) is 7.32. The quantitative estimate of drug-likeness (QED) is 0.449. The molecule has 3 N–H and O–H groups in total. The van der Waals surface area contributed by atoms with E-state index in [0.717, 1.165) is 11.2 Å². The van der Waals surface area contributed by atoms with Crippen molar-refractivity contribution in [2.75, 3.05) is 6.54 Å². The molecule has 1 aromatic heterocycles. The van der Waals surface area contributed by atoms with Gasteiger partial charge < -0.3 is 11.1 Å². The van der Waals surface area contributed by atoms with Gasteiger partial charge in [-0.15, -0.1) is 24.0 Å². The minimum atomic E-state index is -4.47. The molecule has 2 rings (SSSR count). The Balaban J connectivity index is 0.00000220. The number of nitrogens with one attached hydrogen (secondary N) is 1. The van der Waals surface area contributed by atoms with Crippen molar-refractivity contribution in [2.45, 2.75) is 32.0 Å². The molecule has 0 spiro atoms. The van der Waals surface area contributed by atoms with Gasteiger partial charge in [0.25, 0.3) is 0 Å². The molecule has 1 aliphatic carbocycles. The van der Waals surface area contributed by atoms with Crippen LogP contribution in [0, 0.1) is 5.92 Å². The van der Waals surface area contributed by atoms with E-state index in [2.05, 4.69) is 15.4 Å². The van der Waals surface area contributed by atoms with Gasteiger partial charge in [0.05, 0.1) is 6.54 Å². The van der Waals surface area contributed by atoms with Gasteiger partial charge in [-0.05, 0) is 18.8 Å². The van der Waals surface area contributed by atoms with Gasteiger partial charge >= 0.3 is 6.18 Å². The van der Waals surface area contributed by atoms with Gasteiger partial charge in [0.15, 0.2) is 11.7 Å². The molecule has 0 amide bonds. The van der Waals surface area contributed by atoms with E-state index in [1.165, 1.54) is 32.5 Å². The van der Waals surface area contributed by atoms with E-state index < -0.39 is 11.9 Å². The van der Waals surface area contributed by atoms with E-state index in [4.69, 9.17) is 5.73 Å². The molecule has 1 aliphatic rings. The van der Waals surface area contributed by atoms with Crippen molar-refractivity contribution in [2.24, 2.45) is 23.7 Å². The monoisotopic (exact) mass is 417 g/mol. The van der Waals surface area contributed by atoms with E-state index in [0.29, 0.717) is 5.92 Å². The first kappa shape index (κ1) is 18.1. The van der Waals surface area contributed by atoms with E-state index in [-0.39, 0.29) is 42.0 Å². The van der Waals surface area contributed by atoms with Gasteiger partial charge in [0, 0.05) is 25.4 Å². The number of alkyl halides is 3. The lowest BCUT2D eigenvalue weighted by Gasteiger charge is -2.25. The predicted molar refractivity (Wildman–Crippen MR) is 84.3 cm³/mol. The third-order valence-corrected chi connectivity index (χ3v) is 3.39. The second-order valence-electron chi connectivity index (χ2n) is 5.05. The van der Waals surface area contributed by atoms with Crippen molar-refractivity contribution in [1.29, 1.82) is 0 Å². The van der Waals surface area contributed by atoms with Crippen LogP contribution in [0.15, 0.2) is 11.2 Å². The number of rotatable bonds is 4. The van der Waals surface area contributed by atoms with Gasteiger partial charge in [-0.25, -0.2) is 4.99 Å². The van der Waals surface area contributed by atoms with E-state index >= 15 is 0 Å². The van der Waals surface area contributed by atoms with Crippen molar-refractivity contribution in [3.63, 3.8) is 0 Å². The number of hydrogen-bond donors (Lipinski definition) is 2. The first-order valence-electron chi connectivity index (χ1n) is 6.50. The van der Waals surface area contributed by atoms with Crippen LogP contribution in [0.3, 0.4) is 0 Å². The fourth-order valence-electron chi connectivity index (χ4n) is 2.06. The fourth-order valence-corrected chi connectivity index (χ4v) is 2.06. The number of nitrogens with two attached hydrogens (primary N) is 1. The third kappa shape index (κ3) is 5.04. The summed E-state index contributed by atoms with van der Waals surface area (Å²) in [7, 11) is 1.45. The summed E-state index contributed by atoms with van der Waals surface area (Å²) in [5.41, 5.74) is 4.76. The number of hydrogen-bond acceptors (Lipinski definition) is 2. The Morgan fingerprint density at radius 1 is 1.52 bits per heavy atom. The smallest absolute Gasteiger partial charge is 0.370 e. The standard InChI is InChI=1S/C12H18F3N5.HI/c1-20-7-9(10(19-20)12(13,14)15)6-18-11(16)17-5-8-3-2-4-8;/h7-8H,2-6H2,1H3,(H3,16,17,18);1H. The molecule has 9 heteroatoms. The van der Waals surface area contributed by atoms with Gasteiger partial charge in [0.2, 0.25) is 0 Å². The van der Waals surface area contributed by atoms with E-state index in [9.17, 15) is 13.2 Å². The molecule has 5 nitrogen and oxygen atoms in total. The van der Waals surface area contributed by atoms with E-state index in [1.807, 2.05) is 0 Å². The van der Waals surface area contributed by atoms with Crippen molar-refractivity contribution in [1.82, 2.24) is 15.1 Å². The Kier molecular flexibility index (Phi) is 6.29. The molecule has 1 heterocycles. The molecule has 0 radical (unpaired) electrons. The molecule has 0 aromatic carbocycles. The van der Waals surface area contributed by atoms with Gasteiger partial charge in [0.1, 0.15) is 0 Å². The zero-order chi connectivity index (χ0) is 14.8. The SMILES string of the molecule is Cn1cc(CN=C(N)NCC2CCC2)c(C(F)(F)F)n1.I. The maximum Gasteiger partial charge on any atom is 0.435 e. The largest absolute Gasteiger partial charge is 0.435 e. The highest BCUT2D eigenvalue weighted by Crippen LogP contribution is 2.30. The average Bonchev–Trinajstić information content (AvgIpc) is 2.65. The fraction of sp³-hybridized carbons (Fsp3) is 0.667. The molecular formula is C12H19F3IN5. The van der Waals surface area contributed by atoms with Gasteiger partial charge in [-0.1, -0.05) is 6.42 Å². The molecule has 0 atom stereocenters. The molecule has 0 bridgehead atoms. The van der Waals surface area contributed by atoms with Crippen LogP contribution < -0.4 is 11.1 Å². The van der Waals surface area contributed by atoms with Crippen LogP contribution in [0.5, 0.6) is 0 Å². The summed E-state index contributed by atoms with van der Waals surface area (Å²) in [4.78, 5) is 3.94. The lowest BCUT2D eigenvalue weighted by Crippen LogP contribution is -2.37. The van der Waals surface area contributed by atoms with Crippen LogP contribution in [0.25, 0.3) is 0 Å². The third-order valence-electron chi connectivity index (χ3n) is 3.39. The summed E-state index contributed by atoms with van der Waals surface area (Å²) in [5.74, 6) is 0.779. The number of aliphatic imine (C=N–C) groups is 1. The highest BCUT2D eigenvalue weighted by molar-refractivity contribution is 14.0. The Hall–Kier alpha value is -1.00. The number of nitrogens with zero attached hydrogens (tertiary/aromatic N) is 3. The van der Waals surface area contributed by atoms with Crippen LogP contribution in [-0.2, 0) is 19.8 Å². The first-order valence-corrected chi connectivity index (χ1v) is 6.50. The first-order chi connectivity index (χ1) is 9.36. The summed E-state index contributed by atoms with van der Waals surface area (Å²) in [5, 5.41) is 6.36. The molecule has 0 aliphatic heterocycles. The van der Waals surface area contributed by atoms with Crippen LogP contribution in [0.2, 0.25) is 0 Å². The number of aromatic nitrogens is 2. The molecule has 0 unspecified atom stereocenters. The van der Waals surface area contributed by atoms with Crippen LogP contribution in [0.4, 0.5) is 13.2 Å². The van der Waals surface area contributed by atoms with Gasteiger partial charge in [-0.2, -0.15) is 18.3 Å². The minimum absolute atomic E-state index is 0. The lowest BCUT2D eigenvalue weighted by atomic mass is 9.85. The molecule has 0 saturated heterocycles. The van der Waals surface area contributed by atoms with Gasteiger partial charge in [-0.3, -0.25) is 4.68 Å². The Morgan fingerprint density at radius 3 is 2.71 bits per heavy atom. The van der Waals surface area contributed by atoms with Crippen molar-refractivity contribution in [3.05, 3.63) is 17.5 Å². The number of aryl methyl sites for hydroxylation is 1. The summed E-state index contributed by atoms with van der Waals surface area (Å²) in [6, 6.07) is 0. The summed E-state index contributed by atoms with van der Waals surface area (Å²) in [6.07, 6.45) is 0.405. The molecule has 1 aromatic rings. The molecule has 21 heavy (non-hydrogen) atoms. The summed E-state index contributed by atoms with van der Waals surface area (Å²) >= 11 is 0. The van der Waals surface area contributed by atoms with Crippen molar-refractivity contribution >= 4 is 29.9 Å². The normalized spacial score (nSPS) is 16.3. The van der Waals surface area contributed by atoms with E-state index in [1.54, 1.807) is 0 Å². The maximum atomic E-state index is 12.7. The molecular weight excluding hydrogens is 398 g/mol. The van der Waals surface area contributed by atoms with Crippen LogP contribution in [-0.4, -0.2) is 22.3 Å². The number of halogens is 4. The number of guanidine groups is 1. The topological polar surface area (TPSA) is 68.2 Å². The molecule has 1 fully saturated rings. The van der Waals surface area contributed by atoms with Crippen LogP contribution in [0.1, 0.15) is 30.5 Å². The maximum absolute atomic E-state index is 12.7. The zero-order valence-corrected chi connectivity index (χ0v) is 14.0. The lowest BCUT2D eigenvalue weighted by molar-refractivity contribution is -0.142. The second-order valence-corrected chi connectivity index (χ2v) is 5.05. The summed E-state index contributed by atoms with van der Waals surface area (Å²) < 4.78 is 39.3. The highest BCUT2D eigenvalue weighted by Gasteiger charge is 2.36. The Bertz CT molecular complexity index is 494. The van der Waals surface area contributed by atoms with Crippen LogP contribution >= 0.6 is 24.0 Å². The molecule has 1 saturated carbocycles. The highest BCUT2D eigenvalue weighted by atomic mass is 127. The molecule has 120 valence electrons. The Morgan fingerprint density at radius 2 is 2.19 bits per heavy atom. The predicted octanol–water partition coefficient (Wildman–Crippen LogP) is 2.26. The average molecular weight is 417 g/mol. The zero-order valence-electron chi connectivity index (χ0n) is 11.7. The summed E-state index contributed by atoms with van der Waals surface area (Å²) in [6.45, 7) is 0.598. The van der Waals surface area contributed by atoms with Crippen molar-refractivity contribution in [3.8, 4) is 0 Å². The van der Waals surface area contributed by atoms with Crippen molar-refractivity contribution < 1.29 is 13.2 Å².